The van der Waals surface area contributed by atoms with Crippen molar-refractivity contribution in [3.63, 3.8) is 0 Å². The van der Waals surface area contributed by atoms with E-state index in [4.69, 9.17) is 0 Å². The van der Waals surface area contributed by atoms with E-state index in [9.17, 15) is 4.79 Å². The average Bonchev–Trinajstić information content (AvgIpc) is 2.90. The maximum absolute atomic E-state index is 11.7. The molecule has 14 heavy (non-hydrogen) atoms. The first-order chi connectivity index (χ1) is 6.86. The molecule has 3 aliphatic carbocycles. The third-order valence-electron chi connectivity index (χ3n) is 3.24. The zero-order valence-corrected chi connectivity index (χ0v) is 7.50. The fourth-order valence-corrected chi connectivity index (χ4v) is 2.50. The molecule has 0 spiro atoms. The fraction of sp³-hybridized carbons (Fsp3) is 0.167. The van der Waals surface area contributed by atoms with Crippen LogP contribution >= 0.6 is 0 Å². The maximum atomic E-state index is 11.7. The fourth-order valence-electron chi connectivity index (χ4n) is 2.50. The molecule has 1 saturated carbocycles. The Hall–Kier alpha value is -1.70. The molecule has 0 amide bonds. The van der Waals surface area contributed by atoms with Crippen molar-refractivity contribution in [2.45, 2.75) is 12.8 Å². The predicted molar refractivity (Wildman–Crippen MR) is 51.7 cm³/mol. The minimum Gasteiger partial charge on any atom is -0.294 e. The topological polar surface area (TPSA) is 30.0 Å². The molecule has 0 saturated heterocycles. The maximum Gasteiger partial charge on any atom is 0.169 e. The molecule has 2 nitrogen and oxygen atoms in total. The van der Waals surface area contributed by atoms with E-state index in [0.717, 1.165) is 17.7 Å². The first-order valence-electron chi connectivity index (χ1n) is 4.81. The normalized spacial score (nSPS) is 21.3. The van der Waals surface area contributed by atoms with Gasteiger partial charge in [-0.05, 0) is 35.3 Å². The lowest BCUT2D eigenvalue weighted by molar-refractivity contribution is 0.0991. The van der Waals surface area contributed by atoms with E-state index in [-0.39, 0.29) is 5.78 Å². The van der Waals surface area contributed by atoms with Gasteiger partial charge in [-0.1, -0.05) is 0 Å². The van der Waals surface area contributed by atoms with Gasteiger partial charge in [-0.2, -0.15) is 0 Å². The van der Waals surface area contributed by atoms with Crippen molar-refractivity contribution in [1.29, 1.82) is 0 Å². The zero-order valence-electron chi connectivity index (χ0n) is 7.50. The number of carbonyl (C=O) groups excluding carboxylic acids is 1. The second-order valence-corrected chi connectivity index (χ2v) is 3.99. The van der Waals surface area contributed by atoms with Crippen LogP contribution in [-0.4, -0.2) is 10.8 Å². The molecule has 1 fully saturated rings. The summed E-state index contributed by atoms with van der Waals surface area (Å²) in [5.74, 6) is 0.227. The molecule has 3 aliphatic rings. The van der Waals surface area contributed by atoms with E-state index >= 15 is 0 Å². The highest BCUT2D eigenvalue weighted by atomic mass is 16.1. The van der Waals surface area contributed by atoms with Crippen LogP contribution in [0.3, 0.4) is 0 Å². The molecule has 0 radical (unpaired) electrons. The smallest absolute Gasteiger partial charge is 0.169 e. The second kappa shape index (κ2) is 1.87. The Balaban J connectivity index is 2.07. The minimum absolute atomic E-state index is 0.227. The quantitative estimate of drug-likeness (QED) is 0.613. The van der Waals surface area contributed by atoms with Crippen molar-refractivity contribution in [2.24, 2.45) is 0 Å². The van der Waals surface area contributed by atoms with Crippen molar-refractivity contribution in [3.05, 3.63) is 46.3 Å². The number of allylic oxidation sites excluding steroid dienone is 4. The SMILES string of the molecule is O=C1CC2=C3CC3=C2c2ncccc21. The highest BCUT2D eigenvalue weighted by molar-refractivity contribution is 6.14. The third kappa shape index (κ3) is 0.577. The zero-order chi connectivity index (χ0) is 9.28. The van der Waals surface area contributed by atoms with Crippen LogP contribution in [0.1, 0.15) is 28.9 Å². The van der Waals surface area contributed by atoms with Crippen LogP contribution in [0.2, 0.25) is 0 Å². The number of hydrogen-bond acceptors (Lipinski definition) is 2. The van der Waals surface area contributed by atoms with Gasteiger partial charge in [0.25, 0.3) is 0 Å². The summed E-state index contributed by atoms with van der Waals surface area (Å²) in [7, 11) is 0. The Kier molecular flexibility index (Phi) is 0.898. The third-order valence-corrected chi connectivity index (χ3v) is 3.24. The van der Waals surface area contributed by atoms with Gasteiger partial charge in [-0.25, -0.2) is 0 Å². The molecule has 1 heterocycles. The second-order valence-electron chi connectivity index (χ2n) is 3.99. The van der Waals surface area contributed by atoms with E-state index < -0.39 is 0 Å². The van der Waals surface area contributed by atoms with Gasteiger partial charge in [0.15, 0.2) is 5.78 Å². The standard InChI is InChI=1S/C12H7NO/c14-10-5-9-7-4-8(7)11(9)12-6(10)2-1-3-13-12/h1-3H,4-5H2. The van der Waals surface area contributed by atoms with Crippen LogP contribution in [-0.2, 0) is 0 Å². The lowest BCUT2D eigenvalue weighted by Crippen LogP contribution is -2.16. The van der Waals surface area contributed by atoms with Crippen LogP contribution in [0.4, 0.5) is 0 Å². The summed E-state index contributed by atoms with van der Waals surface area (Å²) >= 11 is 0. The first kappa shape index (κ1) is 6.71. The molecule has 0 unspecified atom stereocenters. The van der Waals surface area contributed by atoms with Gasteiger partial charge >= 0.3 is 0 Å². The number of rotatable bonds is 0. The van der Waals surface area contributed by atoms with Gasteiger partial charge in [-0.15, -0.1) is 0 Å². The summed E-state index contributed by atoms with van der Waals surface area (Å²) in [4.78, 5) is 16.1. The molecule has 0 atom stereocenters. The van der Waals surface area contributed by atoms with Gasteiger partial charge < -0.3 is 0 Å². The summed E-state index contributed by atoms with van der Waals surface area (Å²) in [6, 6.07) is 3.72. The number of ketones is 1. The van der Waals surface area contributed by atoms with Gasteiger partial charge in [-0.3, -0.25) is 9.78 Å². The molecule has 2 heteroatoms. The Bertz CT molecular complexity index is 563. The van der Waals surface area contributed by atoms with Crippen molar-refractivity contribution >= 4 is 11.4 Å². The Morgan fingerprint density at radius 1 is 1.14 bits per heavy atom. The van der Waals surface area contributed by atoms with Crippen LogP contribution in [0.5, 0.6) is 0 Å². The van der Waals surface area contributed by atoms with Gasteiger partial charge in [0.05, 0.1) is 5.69 Å². The molecular weight excluding hydrogens is 174 g/mol. The number of fused-ring (bicyclic) bond motifs is 4. The molecule has 0 aliphatic heterocycles. The highest BCUT2D eigenvalue weighted by Gasteiger charge is 2.45. The summed E-state index contributed by atoms with van der Waals surface area (Å²) < 4.78 is 0. The van der Waals surface area contributed by atoms with Crippen molar-refractivity contribution in [1.82, 2.24) is 4.98 Å². The largest absolute Gasteiger partial charge is 0.294 e. The van der Waals surface area contributed by atoms with Crippen LogP contribution in [0.25, 0.3) is 5.57 Å². The molecular formula is C12H7NO. The molecule has 4 rings (SSSR count). The molecule has 0 aromatic carbocycles. The molecule has 1 aromatic rings. The Morgan fingerprint density at radius 3 is 3.00 bits per heavy atom. The molecule has 0 bridgehead atoms. The number of hydrogen-bond donors (Lipinski definition) is 0. The number of nitrogens with zero attached hydrogens (tertiary/aromatic N) is 1. The van der Waals surface area contributed by atoms with Crippen molar-refractivity contribution < 1.29 is 4.79 Å². The number of Topliss-reactive ketones (excluding diaryl/α,β-unsaturated/α-hetero) is 1. The molecule has 0 N–H and O–H groups in total. The van der Waals surface area contributed by atoms with E-state index in [2.05, 4.69) is 4.98 Å². The van der Waals surface area contributed by atoms with Crippen molar-refractivity contribution in [3.8, 4) is 0 Å². The van der Waals surface area contributed by atoms with E-state index in [1.54, 1.807) is 6.20 Å². The Morgan fingerprint density at radius 2 is 2.07 bits per heavy atom. The first-order valence-corrected chi connectivity index (χ1v) is 4.81. The summed E-state index contributed by atoms with van der Waals surface area (Å²) in [6.45, 7) is 0. The van der Waals surface area contributed by atoms with E-state index in [1.165, 1.54) is 22.3 Å². The van der Waals surface area contributed by atoms with Crippen LogP contribution in [0, 0.1) is 0 Å². The van der Waals surface area contributed by atoms with E-state index in [0.29, 0.717) is 6.42 Å². The predicted octanol–water partition coefficient (Wildman–Crippen LogP) is 2.14. The van der Waals surface area contributed by atoms with E-state index in [1.807, 2.05) is 12.1 Å². The summed E-state index contributed by atoms with van der Waals surface area (Å²) in [5.41, 5.74) is 7.18. The van der Waals surface area contributed by atoms with Crippen molar-refractivity contribution in [2.75, 3.05) is 0 Å². The lowest BCUT2D eigenvalue weighted by atomic mass is 9.81. The monoisotopic (exact) mass is 181 g/mol. The highest BCUT2D eigenvalue weighted by Crippen LogP contribution is 2.60. The molecule has 1 aromatic heterocycles. The van der Waals surface area contributed by atoms with Gasteiger partial charge in [0, 0.05) is 23.8 Å². The van der Waals surface area contributed by atoms with Gasteiger partial charge in [0.2, 0.25) is 0 Å². The number of aromatic nitrogens is 1. The van der Waals surface area contributed by atoms with Crippen LogP contribution < -0.4 is 0 Å². The molecule has 66 valence electrons. The summed E-state index contributed by atoms with van der Waals surface area (Å²) in [6.07, 6.45) is 3.48. The van der Waals surface area contributed by atoms with Gasteiger partial charge in [0.1, 0.15) is 0 Å². The summed E-state index contributed by atoms with van der Waals surface area (Å²) in [5, 5.41) is 0. The van der Waals surface area contributed by atoms with Crippen LogP contribution in [0.15, 0.2) is 35.0 Å². The number of pyridine rings is 1. The number of carbonyl (C=O) groups is 1. The minimum atomic E-state index is 0.227. The lowest BCUT2D eigenvalue weighted by Gasteiger charge is -2.23. The average molecular weight is 181 g/mol. The Labute approximate surface area is 81.0 Å².